The fourth-order valence-electron chi connectivity index (χ4n) is 3.51. The predicted octanol–water partition coefficient (Wildman–Crippen LogP) is 4.30. The van der Waals surface area contributed by atoms with Gasteiger partial charge in [0.1, 0.15) is 5.82 Å². The molecule has 2 aromatic rings. The monoisotopic (exact) mass is 305 g/mol. The van der Waals surface area contributed by atoms with Crippen LogP contribution >= 0.6 is 11.6 Å². The molecule has 1 aromatic heterocycles. The van der Waals surface area contributed by atoms with E-state index < -0.39 is 0 Å². The molecule has 0 radical (unpaired) electrons. The molecule has 114 valence electrons. The first-order valence-electron chi connectivity index (χ1n) is 8.05. The molecule has 0 spiro atoms. The summed E-state index contributed by atoms with van der Waals surface area (Å²) in [6.45, 7) is 3.19. The third-order valence-corrected chi connectivity index (χ3v) is 4.83. The zero-order valence-corrected chi connectivity index (χ0v) is 13.5. The summed E-state index contributed by atoms with van der Waals surface area (Å²) in [6, 6.07) is 5.98. The lowest BCUT2D eigenvalue weighted by Crippen LogP contribution is -2.44. The van der Waals surface area contributed by atoms with E-state index in [1.807, 2.05) is 12.1 Å². The second kappa shape index (κ2) is 5.98. The Morgan fingerprint density at radius 1 is 1.29 bits per heavy atom. The first-order valence-corrected chi connectivity index (χ1v) is 8.43. The van der Waals surface area contributed by atoms with E-state index in [0.717, 1.165) is 48.6 Å². The number of aromatic nitrogens is 2. The molecule has 3 rings (SSSR count). The molecule has 0 aliphatic heterocycles. The van der Waals surface area contributed by atoms with Crippen LogP contribution in [-0.4, -0.2) is 15.1 Å². The Labute approximate surface area is 131 Å². The number of benzene rings is 1. The second-order valence-electron chi connectivity index (χ2n) is 6.41. The summed E-state index contributed by atoms with van der Waals surface area (Å²) in [5, 5.41) is 0.746. The fourth-order valence-corrected chi connectivity index (χ4v) is 3.67. The fraction of sp³-hybridized carbons (Fsp3) is 0.588. The van der Waals surface area contributed by atoms with Crippen LogP contribution in [0.5, 0.6) is 0 Å². The SMILES string of the molecule is CCCn1c(CC2(N)CCCCC2)nc2cc(Cl)ccc21. The van der Waals surface area contributed by atoms with Crippen molar-refractivity contribution in [2.45, 2.75) is 64.0 Å². The number of hydrogen-bond acceptors (Lipinski definition) is 2. The third-order valence-electron chi connectivity index (χ3n) is 4.60. The Morgan fingerprint density at radius 2 is 2.05 bits per heavy atom. The van der Waals surface area contributed by atoms with Gasteiger partial charge < -0.3 is 10.3 Å². The zero-order valence-electron chi connectivity index (χ0n) is 12.7. The third kappa shape index (κ3) is 3.09. The zero-order chi connectivity index (χ0) is 14.9. The molecule has 1 saturated carbocycles. The Kier molecular flexibility index (Phi) is 4.23. The Hall–Kier alpha value is -1.06. The van der Waals surface area contributed by atoms with E-state index in [1.165, 1.54) is 24.8 Å². The number of nitrogens with zero attached hydrogens (tertiary/aromatic N) is 2. The first kappa shape index (κ1) is 14.9. The van der Waals surface area contributed by atoms with Crippen LogP contribution in [0.15, 0.2) is 18.2 Å². The average Bonchev–Trinajstić information content (AvgIpc) is 2.76. The first-order chi connectivity index (χ1) is 10.1. The van der Waals surface area contributed by atoms with Gasteiger partial charge in [-0.1, -0.05) is 37.8 Å². The lowest BCUT2D eigenvalue weighted by atomic mass is 9.80. The molecule has 21 heavy (non-hydrogen) atoms. The molecule has 0 amide bonds. The van der Waals surface area contributed by atoms with Gasteiger partial charge in [0.15, 0.2) is 0 Å². The highest BCUT2D eigenvalue weighted by Crippen LogP contribution is 2.30. The topological polar surface area (TPSA) is 43.8 Å². The molecule has 0 bridgehead atoms. The highest BCUT2D eigenvalue weighted by molar-refractivity contribution is 6.31. The van der Waals surface area contributed by atoms with Crippen molar-refractivity contribution in [2.75, 3.05) is 0 Å². The second-order valence-corrected chi connectivity index (χ2v) is 6.85. The van der Waals surface area contributed by atoms with E-state index in [4.69, 9.17) is 22.3 Å². The van der Waals surface area contributed by atoms with Crippen LogP contribution in [0, 0.1) is 0 Å². The van der Waals surface area contributed by atoms with Gasteiger partial charge in [0.05, 0.1) is 11.0 Å². The molecule has 0 atom stereocenters. The number of imidazole rings is 1. The molecular weight excluding hydrogens is 282 g/mol. The van der Waals surface area contributed by atoms with Crippen molar-refractivity contribution in [1.82, 2.24) is 9.55 Å². The van der Waals surface area contributed by atoms with Crippen LogP contribution < -0.4 is 5.73 Å². The number of halogens is 1. The lowest BCUT2D eigenvalue weighted by Gasteiger charge is -2.33. The molecule has 1 aliphatic rings. The van der Waals surface area contributed by atoms with Crippen LogP contribution in [-0.2, 0) is 13.0 Å². The Balaban J connectivity index is 1.98. The summed E-state index contributed by atoms with van der Waals surface area (Å²) < 4.78 is 2.33. The minimum absolute atomic E-state index is 0.0745. The van der Waals surface area contributed by atoms with Gasteiger partial charge in [0.25, 0.3) is 0 Å². The standard InChI is InChI=1S/C17H24ClN3/c1-2-10-21-15-7-6-13(18)11-14(15)20-16(21)12-17(19)8-4-3-5-9-17/h6-7,11H,2-5,8-10,12,19H2,1H3. The summed E-state index contributed by atoms with van der Waals surface area (Å²) in [7, 11) is 0. The van der Waals surface area contributed by atoms with Crippen molar-refractivity contribution < 1.29 is 0 Å². The largest absolute Gasteiger partial charge is 0.328 e. The maximum Gasteiger partial charge on any atom is 0.111 e. The molecule has 3 nitrogen and oxygen atoms in total. The molecular formula is C17H24ClN3. The van der Waals surface area contributed by atoms with Gasteiger partial charge in [-0.3, -0.25) is 0 Å². The van der Waals surface area contributed by atoms with Gasteiger partial charge in [-0.05, 0) is 37.5 Å². The molecule has 1 fully saturated rings. The molecule has 4 heteroatoms. The molecule has 1 heterocycles. The quantitative estimate of drug-likeness (QED) is 0.915. The van der Waals surface area contributed by atoms with Crippen molar-refractivity contribution in [3.8, 4) is 0 Å². The van der Waals surface area contributed by atoms with Crippen molar-refractivity contribution in [2.24, 2.45) is 5.73 Å². The molecule has 1 aromatic carbocycles. The summed E-state index contributed by atoms with van der Waals surface area (Å²) in [5.41, 5.74) is 8.72. The van der Waals surface area contributed by atoms with E-state index in [1.54, 1.807) is 0 Å². The van der Waals surface area contributed by atoms with Gasteiger partial charge in [-0.25, -0.2) is 4.98 Å². The van der Waals surface area contributed by atoms with Gasteiger partial charge in [0, 0.05) is 23.5 Å². The van der Waals surface area contributed by atoms with Gasteiger partial charge in [-0.2, -0.15) is 0 Å². The number of fused-ring (bicyclic) bond motifs is 1. The van der Waals surface area contributed by atoms with E-state index >= 15 is 0 Å². The summed E-state index contributed by atoms with van der Waals surface area (Å²) >= 11 is 6.10. The highest BCUT2D eigenvalue weighted by atomic mass is 35.5. The van der Waals surface area contributed by atoms with Crippen molar-refractivity contribution in [3.63, 3.8) is 0 Å². The van der Waals surface area contributed by atoms with E-state index in [2.05, 4.69) is 17.6 Å². The van der Waals surface area contributed by atoms with Crippen LogP contribution in [0.25, 0.3) is 11.0 Å². The Bertz CT molecular complexity index is 626. The number of nitrogens with two attached hydrogens (primary N) is 1. The maximum absolute atomic E-state index is 6.63. The highest BCUT2D eigenvalue weighted by Gasteiger charge is 2.29. The lowest BCUT2D eigenvalue weighted by molar-refractivity contribution is 0.287. The van der Waals surface area contributed by atoms with E-state index in [-0.39, 0.29) is 5.54 Å². The maximum atomic E-state index is 6.63. The van der Waals surface area contributed by atoms with Gasteiger partial charge in [-0.15, -0.1) is 0 Å². The molecule has 0 saturated heterocycles. The van der Waals surface area contributed by atoms with E-state index in [9.17, 15) is 0 Å². The number of hydrogen-bond donors (Lipinski definition) is 1. The smallest absolute Gasteiger partial charge is 0.111 e. The van der Waals surface area contributed by atoms with Crippen LogP contribution in [0.1, 0.15) is 51.3 Å². The van der Waals surface area contributed by atoms with Gasteiger partial charge in [0.2, 0.25) is 0 Å². The van der Waals surface area contributed by atoms with Crippen molar-refractivity contribution >= 4 is 22.6 Å². The van der Waals surface area contributed by atoms with Gasteiger partial charge >= 0.3 is 0 Å². The molecule has 2 N–H and O–H groups in total. The number of aryl methyl sites for hydroxylation is 1. The van der Waals surface area contributed by atoms with Crippen molar-refractivity contribution in [1.29, 1.82) is 0 Å². The molecule has 0 unspecified atom stereocenters. The Morgan fingerprint density at radius 3 is 2.76 bits per heavy atom. The minimum Gasteiger partial charge on any atom is -0.328 e. The van der Waals surface area contributed by atoms with Crippen LogP contribution in [0.3, 0.4) is 0 Å². The minimum atomic E-state index is -0.0745. The normalized spacial score (nSPS) is 18.2. The predicted molar refractivity (Wildman–Crippen MR) is 88.7 cm³/mol. The van der Waals surface area contributed by atoms with Crippen molar-refractivity contribution in [3.05, 3.63) is 29.0 Å². The summed E-state index contributed by atoms with van der Waals surface area (Å²) in [4.78, 5) is 4.83. The molecule has 1 aliphatic carbocycles. The summed E-state index contributed by atoms with van der Waals surface area (Å²) in [5.74, 6) is 1.12. The average molecular weight is 306 g/mol. The van der Waals surface area contributed by atoms with Crippen LogP contribution in [0.4, 0.5) is 0 Å². The van der Waals surface area contributed by atoms with E-state index in [0.29, 0.717) is 0 Å². The summed E-state index contributed by atoms with van der Waals surface area (Å²) in [6.07, 6.45) is 8.01. The number of rotatable bonds is 4. The van der Waals surface area contributed by atoms with Crippen LogP contribution in [0.2, 0.25) is 5.02 Å².